The van der Waals surface area contributed by atoms with Crippen molar-refractivity contribution in [2.45, 2.75) is 6.42 Å². The highest BCUT2D eigenvalue weighted by Crippen LogP contribution is 2.02. The Morgan fingerprint density at radius 1 is 1.24 bits per heavy atom. The summed E-state index contributed by atoms with van der Waals surface area (Å²) in [6.45, 7) is 1.93. The van der Waals surface area contributed by atoms with Gasteiger partial charge in [-0.1, -0.05) is 18.2 Å². The lowest BCUT2D eigenvalue weighted by molar-refractivity contribution is 0.400. The van der Waals surface area contributed by atoms with E-state index in [2.05, 4.69) is 35.2 Å². The average molecular weight is 252 g/mol. The average Bonchev–Trinajstić information content (AvgIpc) is 2.33. The van der Waals surface area contributed by atoms with Gasteiger partial charge in [-0.15, -0.1) is 0 Å². The summed E-state index contributed by atoms with van der Waals surface area (Å²) in [7, 11) is 4.13. The molecule has 0 spiro atoms. The van der Waals surface area contributed by atoms with Crippen molar-refractivity contribution in [3.05, 3.63) is 30.3 Å². The van der Waals surface area contributed by atoms with Crippen molar-refractivity contribution in [2.75, 3.05) is 32.6 Å². The van der Waals surface area contributed by atoms with E-state index in [-0.39, 0.29) is 0 Å². The minimum Gasteiger partial charge on any atom is -0.361 e. The fraction of sp³-hybridized carbons (Fsp3) is 0.417. The minimum absolute atomic E-state index is 0.618. The molecule has 0 heterocycles. The molecule has 0 unspecified atom stereocenters. The molecule has 4 nitrogen and oxygen atoms in total. The Morgan fingerprint density at radius 3 is 2.59 bits per heavy atom. The van der Waals surface area contributed by atoms with Crippen molar-refractivity contribution in [1.82, 2.24) is 15.6 Å². The topological polar surface area (TPSA) is 39.3 Å². The summed E-state index contributed by atoms with van der Waals surface area (Å²) in [5, 5.41) is 3.76. The fourth-order valence-electron chi connectivity index (χ4n) is 1.29. The molecule has 1 aromatic carbocycles. The van der Waals surface area contributed by atoms with Gasteiger partial charge in [-0.3, -0.25) is 10.9 Å². The Morgan fingerprint density at radius 2 is 1.94 bits per heavy atom. The van der Waals surface area contributed by atoms with E-state index in [0.717, 1.165) is 25.2 Å². The third-order valence-electron chi connectivity index (χ3n) is 2.16. The van der Waals surface area contributed by atoms with Gasteiger partial charge in [0.1, 0.15) is 0 Å². The highest BCUT2D eigenvalue weighted by Gasteiger charge is 1.95. The van der Waals surface area contributed by atoms with Gasteiger partial charge < -0.3 is 10.2 Å². The summed E-state index contributed by atoms with van der Waals surface area (Å²) in [6, 6.07) is 9.86. The monoisotopic (exact) mass is 252 g/mol. The van der Waals surface area contributed by atoms with E-state index in [1.54, 1.807) is 0 Å². The molecule has 0 radical (unpaired) electrons. The number of nitrogens with one attached hydrogen (secondary N) is 3. The van der Waals surface area contributed by atoms with Gasteiger partial charge in [0, 0.05) is 6.54 Å². The fourth-order valence-corrected chi connectivity index (χ4v) is 1.44. The smallest absolute Gasteiger partial charge is 0.185 e. The number of nitrogens with zero attached hydrogens (tertiary/aromatic N) is 1. The van der Waals surface area contributed by atoms with Gasteiger partial charge in [0.2, 0.25) is 0 Å². The first-order valence-electron chi connectivity index (χ1n) is 5.68. The molecule has 1 aromatic rings. The Kier molecular flexibility index (Phi) is 6.35. The lowest BCUT2D eigenvalue weighted by Crippen LogP contribution is -2.39. The number of rotatable bonds is 6. The first-order chi connectivity index (χ1) is 8.18. The second kappa shape index (κ2) is 7.86. The summed E-state index contributed by atoms with van der Waals surface area (Å²) in [5.41, 5.74) is 6.96. The van der Waals surface area contributed by atoms with Crippen LogP contribution in [0, 0.1) is 0 Å². The molecule has 3 N–H and O–H groups in total. The van der Waals surface area contributed by atoms with Gasteiger partial charge in [0.05, 0.1) is 5.69 Å². The van der Waals surface area contributed by atoms with Gasteiger partial charge in [-0.05, 0) is 51.4 Å². The lowest BCUT2D eigenvalue weighted by atomic mass is 10.3. The Hall–Kier alpha value is -1.33. The van der Waals surface area contributed by atoms with Gasteiger partial charge in [0.25, 0.3) is 0 Å². The van der Waals surface area contributed by atoms with E-state index in [1.165, 1.54) is 0 Å². The van der Waals surface area contributed by atoms with Gasteiger partial charge in [0.15, 0.2) is 5.11 Å². The van der Waals surface area contributed by atoms with Crippen molar-refractivity contribution < 1.29 is 0 Å². The van der Waals surface area contributed by atoms with Crippen molar-refractivity contribution in [2.24, 2.45) is 0 Å². The zero-order chi connectivity index (χ0) is 12.5. The van der Waals surface area contributed by atoms with Crippen LogP contribution in [-0.2, 0) is 0 Å². The maximum Gasteiger partial charge on any atom is 0.185 e. The Labute approximate surface area is 108 Å². The van der Waals surface area contributed by atoms with Crippen molar-refractivity contribution in [3.8, 4) is 0 Å². The highest BCUT2D eigenvalue weighted by molar-refractivity contribution is 7.80. The third kappa shape index (κ3) is 6.76. The van der Waals surface area contributed by atoms with Gasteiger partial charge in [-0.25, -0.2) is 0 Å². The summed E-state index contributed by atoms with van der Waals surface area (Å²) in [6.07, 6.45) is 1.07. The molecule has 0 aliphatic carbocycles. The van der Waals surface area contributed by atoms with E-state index >= 15 is 0 Å². The SMILES string of the molecule is CN(C)CCCNC(=S)NNc1ccccc1. The molecule has 17 heavy (non-hydrogen) atoms. The lowest BCUT2D eigenvalue weighted by Gasteiger charge is -2.13. The van der Waals surface area contributed by atoms with Crippen LogP contribution in [0.1, 0.15) is 6.42 Å². The number of benzene rings is 1. The van der Waals surface area contributed by atoms with Crippen molar-refractivity contribution in [1.29, 1.82) is 0 Å². The molecule has 0 aromatic heterocycles. The second-order valence-corrected chi connectivity index (χ2v) is 4.44. The number of hydrogen-bond acceptors (Lipinski definition) is 3. The molecule has 0 saturated heterocycles. The molecule has 0 amide bonds. The molecule has 0 atom stereocenters. The van der Waals surface area contributed by atoms with Crippen LogP contribution in [0.3, 0.4) is 0 Å². The highest BCUT2D eigenvalue weighted by atomic mass is 32.1. The molecule has 5 heteroatoms. The summed E-state index contributed by atoms with van der Waals surface area (Å²) in [4.78, 5) is 2.15. The van der Waals surface area contributed by atoms with Crippen LogP contribution in [0.2, 0.25) is 0 Å². The number of anilines is 1. The summed E-state index contributed by atoms with van der Waals surface area (Å²) >= 11 is 5.13. The van der Waals surface area contributed by atoms with Crippen LogP contribution in [0.4, 0.5) is 5.69 Å². The van der Waals surface area contributed by atoms with Crippen LogP contribution in [0.5, 0.6) is 0 Å². The number of hydrogen-bond donors (Lipinski definition) is 3. The van der Waals surface area contributed by atoms with Crippen LogP contribution in [0.15, 0.2) is 30.3 Å². The molecule has 0 aliphatic rings. The maximum absolute atomic E-state index is 5.13. The Bertz CT molecular complexity index is 327. The molecular formula is C12H20N4S. The van der Waals surface area contributed by atoms with Crippen LogP contribution >= 0.6 is 12.2 Å². The molecule has 94 valence electrons. The standard InChI is InChI=1S/C12H20N4S/c1-16(2)10-6-9-13-12(17)15-14-11-7-4-3-5-8-11/h3-5,7-8,14H,6,9-10H2,1-2H3,(H2,13,15,17). The van der Waals surface area contributed by atoms with Crippen LogP contribution in [0.25, 0.3) is 0 Å². The zero-order valence-electron chi connectivity index (χ0n) is 10.4. The zero-order valence-corrected chi connectivity index (χ0v) is 11.2. The molecule has 0 fully saturated rings. The predicted octanol–water partition coefficient (Wildman–Crippen LogP) is 1.43. The molecule has 0 saturated carbocycles. The summed E-state index contributed by atoms with van der Waals surface area (Å²) in [5.74, 6) is 0. The quantitative estimate of drug-likeness (QED) is 0.406. The Balaban J connectivity index is 2.09. The van der Waals surface area contributed by atoms with E-state index in [4.69, 9.17) is 12.2 Å². The van der Waals surface area contributed by atoms with E-state index < -0.39 is 0 Å². The second-order valence-electron chi connectivity index (χ2n) is 4.03. The number of hydrazine groups is 1. The first-order valence-corrected chi connectivity index (χ1v) is 6.09. The molecule has 0 bridgehead atoms. The molecule has 0 aliphatic heterocycles. The van der Waals surface area contributed by atoms with E-state index in [0.29, 0.717) is 5.11 Å². The van der Waals surface area contributed by atoms with Gasteiger partial charge >= 0.3 is 0 Å². The maximum atomic E-state index is 5.13. The van der Waals surface area contributed by atoms with Crippen molar-refractivity contribution >= 4 is 23.0 Å². The first kappa shape index (κ1) is 13.7. The van der Waals surface area contributed by atoms with E-state index in [1.807, 2.05) is 30.3 Å². The van der Waals surface area contributed by atoms with Crippen molar-refractivity contribution in [3.63, 3.8) is 0 Å². The van der Waals surface area contributed by atoms with Crippen LogP contribution in [-0.4, -0.2) is 37.2 Å². The normalized spacial score (nSPS) is 10.1. The molecule has 1 rings (SSSR count). The van der Waals surface area contributed by atoms with Crippen LogP contribution < -0.4 is 16.2 Å². The molecular weight excluding hydrogens is 232 g/mol. The number of para-hydroxylation sites is 1. The third-order valence-corrected chi connectivity index (χ3v) is 2.41. The largest absolute Gasteiger partial charge is 0.361 e. The van der Waals surface area contributed by atoms with Gasteiger partial charge in [-0.2, -0.15) is 0 Å². The predicted molar refractivity (Wildman–Crippen MR) is 77.0 cm³/mol. The van der Waals surface area contributed by atoms with E-state index in [9.17, 15) is 0 Å². The minimum atomic E-state index is 0.618. The summed E-state index contributed by atoms with van der Waals surface area (Å²) < 4.78 is 0. The number of thiocarbonyl (C=S) groups is 1.